The molecule has 0 radical (unpaired) electrons. The molecule has 152 valence electrons. The van der Waals surface area contributed by atoms with Crippen molar-refractivity contribution >= 4 is 32.4 Å². The first-order valence-corrected chi connectivity index (χ1v) is 10.0. The van der Waals surface area contributed by atoms with Crippen LogP contribution in [-0.4, -0.2) is 37.3 Å². The summed E-state index contributed by atoms with van der Waals surface area (Å²) in [6.07, 6.45) is 0.948. The van der Waals surface area contributed by atoms with Crippen molar-refractivity contribution in [3.05, 3.63) is 29.1 Å². The molecule has 2 heterocycles. The zero-order valence-corrected chi connectivity index (χ0v) is 18.2. The minimum atomic E-state index is 0.233. The van der Waals surface area contributed by atoms with Crippen LogP contribution in [0.3, 0.4) is 0 Å². The van der Waals surface area contributed by atoms with Crippen LogP contribution in [0.1, 0.15) is 25.8 Å². The summed E-state index contributed by atoms with van der Waals surface area (Å²) in [6, 6.07) is 3.88. The predicted molar refractivity (Wildman–Crippen MR) is 117 cm³/mol. The minimum Gasteiger partial charge on any atom is -0.493 e. The van der Waals surface area contributed by atoms with Gasteiger partial charge in [-0.1, -0.05) is 6.92 Å². The molecule has 0 fully saturated rings. The Balaban J connectivity index is 2.26. The number of nitrogens with zero attached hydrogens (tertiary/aromatic N) is 3. The third kappa shape index (κ3) is 3.78. The van der Waals surface area contributed by atoms with Crippen LogP contribution in [0.25, 0.3) is 26.4 Å². The van der Waals surface area contributed by atoms with Gasteiger partial charge in [-0.05, 0) is 38.0 Å². The van der Waals surface area contributed by atoms with Crippen LogP contribution in [0.4, 0.5) is 10.8 Å². The van der Waals surface area contributed by atoms with Gasteiger partial charge in [0.2, 0.25) is 10.8 Å². The molecular weight excluding hydrogens is 388 g/mol. The lowest BCUT2D eigenvalue weighted by Gasteiger charge is -2.16. The van der Waals surface area contributed by atoms with E-state index in [1.54, 1.807) is 21.3 Å². The normalized spacial score (nSPS) is 11.8. The average Bonchev–Trinajstić information content (AvgIpc) is 3.08. The number of anilines is 1. The smallest absolute Gasteiger partial charge is 0.246 e. The molecule has 0 aliphatic heterocycles. The Hall–Kier alpha value is -3.05. The highest BCUT2D eigenvalue weighted by molar-refractivity contribution is 7.22. The number of methoxy groups -OCH3 is 3. The highest BCUT2D eigenvalue weighted by Gasteiger charge is 2.20. The topological polar surface area (TPSA) is 69.9 Å². The summed E-state index contributed by atoms with van der Waals surface area (Å²) in [5, 5.41) is 5.00. The van der Waals surface area contributed by atoms with Crippen molar-refractivity contribution in [3.63, 3.8) is 0 Å². The van der Waals surface area contributed by atoms with E-state index in [2.05, 4.69) is 24.0 Å². The first-order valence-electron chi connectivity index (χ1n) is 9.22. The summed E-state index contributed by atoms with van der Waals surface area (Å²) in [5.74, 6) is 2.84. The molecule has 8 heteroatoms. The van der Waals surface area contributed by atoms with Crippen LogP contribution in [0.2, 0.25) is 0 Å². The molecule has 1 N–H and O–H groups in total. The Morgan fingerprint density at radius 3 is 2.31 bits per heavy atom. The fraction of sp³-hybridized carbons (Fsp3) is 0.381. The second-order valence-corrected chi connectivity index (χ2v) is 7.57. The molecule has 1 aromatic carbocycles. The number of ether oxygens (including phenoxy) is 3. The van der Waals surface area contributed by atoms with E-state index in [1.165, 1.54) is 11.3 Å². The summed E-state index contributed by atoms with van der Waals surface area (Å²) < 4.78 is 16.3. The van der Waals surface area contributed by atoms with Gasteiger partial charge in [-0.25, -0.2) is 14.8 Å². The Morgan fingerprint density at radius 1 is 1.14 bits per heavy atom. The van der Waals surface area contributed by atoms with Crippen molar-refractivity contribution in [2.75, 3.05) is 26.6 Å². The van der Waals surface area contributed by atoms with Crippen molar-refractivity contribution in [1.29, 1.82) is 0 Å². The maximum Gasteiger partial charge on any atom is 0.246 e. The molecule has 3 aromatic rings. The number of fused-ring (bicyclic) bond motifs is 1. The number of hydrogen-bond donors (Lipinski definition) is 1. The predicted octanol–water partition coefficient (Wildman–Crippen LogP) is 5.45. The molecule has 0 aliphatic carbocycles. The van der Waals surface area contributed by atoms with Gasteiger partial charge in [0.15, 0.2) is 17.3 Å². The van der Waals surface area contributed by atoms with Crippen LogP contribution >= 0.6 is 11.3 Å². The number of benzene rings is 1. The number of thiophene rings is 1. The monoisotopic (exact) mass is 412 g/mol. The highest BCUT2D eigenvalue weighted by atomic mass is 32.1. The summed E-state index contributed by atoms with van der Waals surface area (Å²) in [7, 11) is 4.72. The van der Waals surface area contributed by atoms with Crippen molar-refractivity contribution in [3.8, 4) is 28.6 Å². The molecule has 7 nitrogen and oxygen atoms in total. The Bertz CT molecular complexity index is 1060. The highest BCUT2D eigenvalue weighted by Crippen LogP contribution is 2.43. The third-order valence-corrected chi connectivity index (χ3v) is 5.86. The van der Waals surface area contributed by atoms with Gasteiger partial charge in [0.25, 0.3) is 0 Å². The van der Waals surface area contributed by atoms with Crippen LogP contribution in [0, 0.1) is 13.5 Å². The molecule has 1 unspecified atom stereocenters. The third-order valence-electron chi connectivity index (χ3n) is 4.78. The fourth-order valence-electron chi connectivity index (χ4n) is 3.01. The summed E-state index contributed by atoms with van der Waals surface area (Å²) in [5.41, 5.74) is 1.64. The van der Waals surface area contributed by atoms with E-state index in [4.69, 9.17) is 30.8 Å². The molecule has 3 rings (SSSR count). The average molecular weight is 413 g/mol. The lowest BCUT2D eigenvalue weighted by molar-refractivity contribution is 0.324. The molecule has 0 saturated carbocycles. The molecule has 29 heavy (non-hydrogen) atoms. The largest absolute Gasteiger partial charge is 0.493 e. The number of aromatic nitrogens is 2. The number of hydrogen-bond acceptors (Lipinski definition) is 7. The molecule has 0 spiro atoms. The zero-order valence-electron chi connectivity index (χ0n) is 17.4. The van der Waals surface area contributed by atoms with Gasteiger partial charge >= 0.3 is 0 Å². The van der Waals surface area contributed by atoms with Crippen molar-refractivity contribution in [1.82, 2.24) is 9.97 Å². The van der Waals surface area contributed by atoms with Crippen LogP contribution in [-0.2, 0) is 0 Å². The van der Waals surface area contributed by atoms with Crippen molar-refractivity contribution in [2.45, 2.75) is 33.2 Å². The molecule has 2 aromatic heterocycles. The molecule has 0 amide bonds. The van der Waals surface area contributed by atoms with Gasteiger partial charge in [-0.3, -0.25) is 0 Å². The lowest BCUT2D eigenvalue weighted by Crippen LogP contribution is -2.15. The molecule has 1 atom stereocenters. The van der Waals surface area contributed by atoms with Crippen LogP contribution in [0.5, 0.6) is 17.2 Å². The van der Waals surface area contributed by atoms with Crippen molar-refractivity contribution < 1.29 is 14.2 Å². The van der Waals surface area contributed by atoms with Gasteiger partial charge in [0.1, 0.15) is 10.6 Å². The lowest BCUT2D eigenvalue weighted by atomic mass is 10.1. The Labute approximate surface area is 174 Å². The maximum absolute atomic E-state index is 7.45. The Kier molecular flexibility index (Phi) is 6.09. The van der Waals surface area contributed by atoms with E-state index in [0.717, 1.165) is 33.6 Å². The fourth-order valence-corrected chi connectivity index (χ4v) is 3.98. The van der Waals surface area contributed by atoms with E-state index in [9.17, 15) is 0 Å². The first-order chi connectivity index (χ1) is 14.0. The molecule has 0 bridgehead atoms. The molecule has 0 aliphatic rings. The number of rotatable bonds is 7. The van der Waals surface area contributed by atoms with Gasteiger partial charge in [0.05, 0.1) is 27.9 Å². The van der Waals surface area contributed by atoms with Gasteiger partial charge in [0, 0.05) is 17.0 Å². The van der Waals surface area contributed by atoms with E-state index in [-0.39, 0.29) is 6.04 Å². The zero-order chi connectivity index (χ0) is 21.1. The summed E-state index contributed by atoms with van der Waals surface area (Å²) in [4.78, 5) is 14.0. The summed E-state index contributed by atoms with van der Waals surface area (Å²) >= 11 is 1.38. The second-order valence-electron chi connectivity index (χ2n) is 6.59. The molecular formula is C21H24N4O3S. The van der Waals surface area contributed by atoms with Gasteiger partial charge in [-0.2, -0.15) is 0 Å². The quantitative estimate of drug-likeness (QED) is 0.520. The Morgan fingerprint density at radius 2 is 1.79 bits per heavy atom. The van der Waals surface area contributed by atoms with E-state index >= 15 is 0 Å². The van der Waals surface area contributed by atoms with Crippen LogP contribution < -0.4 is 19.5 Å². The number of aryl methyl sites for hydroxylation is 1. The standard InChI is InChI=1S/C21H24N4O3S/c1-8-11(2)23-19-16-12(3)20(22-4)29-21(16)25-18(24-19)13-9-14(26-5)17(28-7)15(10-13)27-6/h9-11H,8H2,1-3,5-7H3,(H,23,24,25). The van der Waals surface area contributed by atoms with E-state index < -0.39 is 0 Å². The second kappa shape index (κ2) is 8.53. The van der Waals surface area contributed by atoms with Gasteiger partial charge in [-0.15, -0.1) is 11.3 Å². The molecule has 0 saturated heterocycles. The van der Waals surface area contributed by atoms with E-state index in [1.807, 2.05) is 19.1 Å². The van der Waals surface area contributed by atoms with Gasteiger partial charge < -0.3 is 19.5 Å². The van der Waals surface area contributed by atoms with E-state index in [0.29, 0.717) is 28.1 Å². The van der Waals surface area contributed by atoms with Crippen LogP contribution in [0.15, 0.2) is 12.1 Å². The summed E-state index contributed by atoms with van der Waals surface area (Å²) in [6.45, 7) is 13.6. The minimum absolute atomic E-state index is 0.233. The maximum atomic E-state index is 7.45. The van der Waals surface area contributed by atoms with Crippen molar-refractivity contribution in [2.24, 2.45) is 0 Å². The number of nitrogens with one attached hydrogen (secondary N) is 1. The first kappa shape index (κ1) is 20.7. The SMILES string of the molecule is [C-]#[N+]c1sc2nc(-c3cc(OC)c(OC)c(OC)c3)nc(NC(C)CC)c2c1C.